The van der Waals surface area contributed by atoms with Gasteiger partial charge in [-0.05, 0) is 51.4 Å². The average molecular weight is 268 g/mol. The number of carbonyl (C=O) groups is 2. The van der Waals surface area contributed by atoms with Gasteiger partial charge in [-0.15, -0.1) is 0 Å². The van der Waals surface area contributed by atoms with Gasteiger partial charge in [0, 0.05) is 19.1 Å². The standard InChI is InChI=1S/C14H24N2O3/c1-9(10-3-4-10)16(2)14(19)15-12-7-5-11(6-8-12)13(17)18/h9-12H,3-8H2,1-2H3,(H,15,19)(H,17,18). The number of amides is 2. The number of nitrogens with zero attached hydrogens (tertiary/aromatic N) is 1. The Morgan fingerprint density at radius 2 is 1.74 bits per heavy atom. The van der Waals surface area contributed by atoms with Crippen molar-refractivity contribution in [2.24, 2.45) is 11.8 Å². The number of carboxylic acid groups (broad SMARTS) is 1. The van der Waals surface area contributed by atoms with E-state index in [1.165, 1.54) is 12.8 Å². The Labute approximate surface area is 114 Å². The van der Waals surface area contributed by atoms with E-state index in [0.29, 0.717) is 24.8 Å². The van der Waals surface area contributed by atoms with Crippen LogP contribution in [-0.4, -0.2) is 41.1 Å². The fourth-order valence-electron chi connectivity index (χ4n) is 2.84. The SMILES string of the molecule is CC(C1CC1)N(C)C(=O)NC1CCC(C(=O)O)CC1. The topological polar surface area (TPSA) is 69.6 Å². The summed E-state index contributed by atoms with van der Waals surface area (Å²) in [5.41, 5.74) is 0. The molecular weight excluding hydrogens is 244 g/mol. The van der Waals surface area contributed by atoms with E-state index < -0.39 is 5.97 Å². The lowest BCUT2D eigenvalue weighted by molar-refractivity contribution is -0.142. The van der Waals surface area contributed by atoms with Crippen molar-refractivity contribution in [2.75, 3.05) is 7.05 Å². The van der Waals surface area contributed by atoms with Crippen molar-refractivity contribution in [3.05, 3.63) is 0 Å². The molecule has 2 fully saturated rings. The van der Waals surface area contributed by atoms with Crippen LogP contribution in [0.3, 0.4) is 0 Å². The summed E-state index contributed by atoms with van der Waals surface area (Å²) in [5.74, 6) is -0.265. The minimum absolute atomic E-state index is 0.0156. The van der Waals surface area contributed by atoms with Gasteiger partial charge in [-0.25, -0.2) is 4.79 Å². The molecule has 2 N–H and O–H groups in total. The summed E-state index contributed by atoms with van der Waals surface area (Å²) in [5, 5.41) is 12.0. The Bertz CT molecular complexity index is 347. The van der Waals surface area contributed by atoms with E-state index in [1.807, 2.05) is 7.05 Å². The van der Waals surface area contributed by atoms with E-state index in [9.17, 15) is 9.59 Å². The number of aliphatic carboxylic acids is 1. The molecule has 2 amide bonds. The van der Waals surface area contributed by atoms with Crippen LogP contribution in [0.25, 0.3) is 0 Å². The van der Waals surface area contributed by atoms with Crippen molar-refractivity contribution in [3.63, 3.8) is 0 Å². The molecule has 0 aromatic carbocycles. The van der Waals surface area contributed by atoms with Crippen LogP contribution in [0, 0.1) is 11.8 Å². The highest BCUT2D eigenvalue weighted by molar-refractivity contribution is 5.74. The zero-order valence-corrected chi connectivity index (χ0v) is 11.8. The maximum Gasteiger partial charge on any atom is 0.317 e. The lowest BCUT2D eigenvalue weighted by Crippen LogP contribution is -2.48. The molecule has 0 heterocycles. The Balaban J connectivity index is 1.75. The van der Waals surface area contributed by atoms with E-state index in [2.05, 4.69) is 12.2 Å². The van der Waals surface area contributed by atoms with Gasteiger partial charge in [-0.3, -0.25) is 4.79 Å². The van der Waals surface area contributed by atoms with Gasteiger partial charge in [0.1, 0.15) is 0 Å². The molecule has 1 unspecified atom stereocenters. The Morgan fingerprint density at radius 1 is 1.16 bits per heavy atom. The molecule has 0 bridgehead atoms. The van der Waals surface area contributed by atoms with Crippen molar-refractivity contribution in [3.8, 4) is 0 Å². The fourth-order valence-corrected chi connectivity index (χ4v) is 2.84. The van der Waals surface area contributed by atoms with Gasteiger partial charge in [0.05, 0.1) is 5.92 Å². The lowest BCUT2D eigenvalue weighted by Gasteiger charge is -2.31. The molecule has 108 valence electrons. The Hall–Kier alpha value is -1.26. The first-order chi connectivity index (χ1) is 8.99. The molecule has 0 radical (unpaired) electrons. The van der Waals surface area contributed by atoms with Gasteiger partial charge in [0.25, 0.3) is 0 Å². The molecule has 0 aromatic rings. The molecule has 0 aromatic heterocycles. The van der Waals surface area contributed by atoms with Crippen LogP contribution in [0.1, 0.15) is 45.4 Å². The number of nitrogens with one attached hydrogen (secondary N) is 1. The quantitative estimate of drug-likeness (QED) is 0.820. The summed E-state index contributed by atoms with van der Waals surface area (Å²) >= 11 is 0. The third-order valence-corrected chi connectivity index (χ3v) is 4.64. The van der Waals surface area contributed by atoms with E-state index in [1.54, 1.807) is 4.90 Å². The smallest absolute Gasteiger partial charge is 0.317 e. The number of hydrogen-bond donors (Lipinski definition) is 2. The van der Waals surface area contributed by atoms with E-state index in [-0.39, 0.29) is 18.0 Å². The van der Waals surface area contributed by atoms with E-state index in [0.717, 1.165) is 12.8 Å². The summed E-state index contributed by atoms with van der Waals surface area (Å²) in [6.45, 7) is 2.10. The molecule has 2 saturated carbocycles. The minimum atomic E-state index is -0.704. The molecule has 0 spiro atoms. The number of carbonyl (C=O) groups excluding carboxylic acids is 1. The molecule has 1 atom stereocenters. The summed E-state index contributed by atoms with van der Waals surface area (Å²) < 4.78 is 0. The number of urea groups is 1. The molecule has 2 rings (SSSR count). The summed E-state index contributed by atoms with van der Waals surface area (Å²) in [4.78, 5) is 24.8. The Kier molecular flexibility index (Phi) is 4.32. The maximum absolute atomic E-state index is 12.1. The number of hydrogen-bond acceptors (Lipinski definition) is 2. The molecule has 5 nitrogen and oxygen atoms in total. The van der Waals surface area contributed by atoms with Gasteiger partial charge < -0.3 is 15.3 Å². The molecule has 0 aliphatic heterocycles. The second kappa shape index (κ2) is 5.80. The molecule has 2 aliphatic rings. The van der Waals surface area contributed by atoms with Crippen molar-refractivity contribution < 1.29 is 14.7 Å². The number of rotatable bonds is 4. The van der Waals surface area contributed by atoms with Crippen LogP contribution in [-0.2, 0) is 4.79 Å². The van der Waals surface area contributed by atoms with Crippen LogP contribution in [0.2, 0.25) is 0 Å². The van der Waals surface area contributed by atoms with E-state index >= 15 is 0 Å². The predicted octanol–water partition coefficient (Wildman–Crippen LogP) is 2.07. The van der Waals surface area contributed by atoms with Crippen molar-refractivity contribution in [1.82, 2.24) is 10.2 Å². The second-order valence-corrected chi connectivity index (χ2v) is 6.03. The van der Waals surface area contributed by atoms with Crippen LogP contribution >= 0.6 is 0 Å². The monoisotopic (exact) mass is 268 g/mol. The third-order valence-electron chi connectivity index (χ3n) is 4.64. The zero-order chi connectivity index (χ0) is 14.0. The Morgan fingerprint density at radius 3 is 2.21 bits per heavy atom. The summed E-state index contributed by atoms with van der Waals surface area (Å²) in [6.07, 6.45) is 5.33. The molecule has 0 saturated heterocycles. The van der Waals surface area contributed by atoms with Crippen molar-refractivity contribution in [2.45, 2.75) is 57.5 Å². The maximum atomic E-state index is 12.1. The normalized spacial score (nSPS) is 28.5. The third kappa shape index (κ3) is 3.61. The highest BCUT2D eigenvalue weighted by Crippen LogP contribution is 2.34. The van der Waals surface area contributed by atoms with Crippen LogP contribution < -0.4 is 5.32 Å². The molecular formula is C14H24N2O3. The molecule has 2 aliphatic carbocycles. The predicted molar refractivity (Wildman–Crippen MR) is 71.9 cm³/mol. The van der Waals surface area contributed by atoms with Gasteiger partial charge >= 0.3 is 12.0 Å². The van der Waals surface area contributed by atoms with Crippen molar-refractivity contribution >= 4 is 12.0 Å². The lowest BCUT2D eigenvalue weighted by atomic mass is 9.86. The largest absolute Gasteiger partial charge is 0.481 e. The van der Waals surface area contributed by atoms with Crippen LogP contribution in [0.5, 0.6) is 0 Å². The minimum Gasteiger partial charge on any atom is -0.481 e. The average Bonchev–Trinajstić information content (AvgIpc) is 3.21. The molecule has 19 heavy (non-hydrogen) atoms. The first-order valence-corrected chi connectivity index (χ1v) is 7.25. The zero-order valence-electron chi connectivity index (χ0n) is 11.8. The highest BCUT2D eigenvalue weighted by Gasteiger charge is 2.33. The van der Waals surface area contributed by atoms with Gasteiger partial charge in [-0.1, -0.05) is 0 Å². The molecule has 5 heteroatoms. The summed E-state index contributed by atoms with van der Waals surface area (Å²) in [7, 11) is 1.85. The first-order valence-electron chi connectivity index (χ1n) is 7.25. The highest BCUT2D eigenvalue weighted by atomic mass is 16.4. The second-order valence-electron chi connectivity index (χ2n) is 6.03. The summed E-state index contributed by atoms with van der Waals surface area (Å²) in [6, 6.07) is 0.422. The fraction of sp³-hybridized carbons (Fsp3) is 0.857. The van der Waals surface area contributed by atoms with Gasteiger partial charge in [0.2, 0.25) is 0 Å². The van der Waals surface area contributed by atoms with Crippen LogP contribution in [0.15, 0.2) is 0 Å². The van der Waals surface area contributed by atoms with Crippen LogP contribution in [0.4, 0.5) is 4.79 Å². The first kappa shape index (κ1) is 14.2. The van der Waals surface area contributed by atoms with Gasteiger partial charge in [0.15, 0.2) is 0 Å². The van der Waals surface area contributed by atoms with Gasteiger partial charge in [-0.2, -0.15) is 0 Å². The van der Waals surface area contributed by atoms with E-state index in [4.69, 9.17) is 5.11 Å². The van der Waals surface area contributed by atoms with Crippen molar-refractivity contribution in [1.29, 1.82) is 0 Å². The number of carboxylic acids is 1.